The summed E-state index contributed by atoms with van der Waals surface area (Å²) in [6, 6.07) is 8.40. The molecule has 4 heteroatoms. The van der Waals surface area contributed by atoms with Gasteiger partial charge in [-0.3, -0.25) is 4.98 Å². The standard InChI is InChI=1S/C15H15BrFNO/c1-2-10-3-5-12(18-9-10)8-15(19)13-7-11(16)4-6-14(13)17/h3-7,9,15,19H,2,8H2,1H3. The van der Waals surface area contributed by atoms with Crippen molar-refractivity contribution < 1.29 is 9.50 Å². The van der Waals surface area contributed by atoms with E-state index in [-0.39, 0.29) is 5.56 Å². The fourth-order valence-electron chi connectivity index (χ4n) is 1.86. The number of aliphatic hydroxyl groups is 1. The van der Waals surface area contributed by atoms with Crippen molar-refractivity contribution in [3.8, 4) is 0 Å². The highest BCUT2D eigenvalue weighted by Gasteiger charge is 2.14. The SMILES string of the molecule is CCc1ccc(CC(O)c2cc(Br)ccc2F)nc1. The summed E-state index contributed by atoms with van der Waals surface area (Å²) in [7, 11) is 0. The van der Waals surface area contributed by atoms with E-state index in [1.54, 1.807) is 18.3 Å². The van der Waals surface area contributed by atoms with E-state index in [4.69, 9.17) is 0 Å². The molecule has 1 N–H and O–H groups in total. The minimum absolute atomic E-state index is 0.288. The van der Waals surface area contributed by atoms with E-state index >= 15 is 0 Å². The van der Waals surface area contributed by atoms with Crippen LogP contribution in [0.3, 0.4) is 0 Å². The van der Waals surface area contributed by atoms with Gasteiger partial charge in [-0.1, -0.05) is 28.9 Å². The van der Waals surface area contributed by atoms with Crippen LogP contribution in [0.5, 0.6) is 0 Å². The number of hydrogen-bond donors (Lipinski definition) is 1. The van der Waals surface area contributed by atoms with Crippen LogP contribution in [0.4, 0.5) is 4.39 Å². The van der Waals surface area contributed by atoms with Crippen molar-refractivity contribution >= 4 is 15.9 Å². The molecule has 0 fully saturated rings. The van der Waals surface area contributed by atoms with Crippen molar-refractivity contribution in [3.05, 3.63) is 63.6 Å². The van der Waals surface area contributed by atoms with Gasteiger partial charge >= 0.3 is 0 Å². The lowest BCUT2D eigenvalue weighted by atomic mass is 10.0. The maximum absolute atomic E-state index is 13.6. The summed E-state index contributed by atoms with van der Waals surface area (Å²) in [5, 5.41) is 10.1. The summed E-state index contributed by atoms with van der Waals surface area (Å²) in [4.78, 5) is 4.27. The monoisotopic (exact) mass is 323 g/mol. The fraction of sp³-hybridized carbons (Fsp3) is 0.267. The van der Waals surface area contributed by atoms with Crippen molar-refractivity contribution in [2.24, 2.45) is 0 Å². The molecule has 0 aliphatic rings. The zero-order valence-electron chi connectivity index (χ0n) is 10.6. The molecular weight excluding hydrogens is 309 g/mol. The highest BCUT2D eigenvalue weighted by atomic mass is 79.9. The molecule has 19 heavy (non-hydrogen) atoms. The van der Waals surface area contributed by atoms with Crippen molar-refractivity contribution in [1.29, 1.82) is 0 Å². The summed E-state index contributed by atoms with van der Waals surface area (Å²) in [5.74, 6) is -0.402. The zero-order valence-corrected chi connectivity index (χ0v) is 12.2. The normalized spacial score (nSPS) is 12.4. The molecule has 2 aromatic rings. The third-order valence-electron chi connectivity index (χ3n) is 3.01. The van der Waals surface area contributed by atoms with Crippen molar-refractivity contribution in [2.75, 3.05) is 0 Å². The number of aliphatic hydroxyl groups excluding tert-OH is 1. The number of rotatable bonds is 4. The summed E-state index contributed by atoms with van der Waals surface area (Å²) < 4.78 is 14.4. The van der Waals surface area contributed by atoms with Crippen LogP contribution in [0.15, 0.2) is 41.0 Å². The lowest BCUT2D eigenvalue weighted by Crippen LogP contribution is -2.06. The average molecular weight is 324 g/mol. The van der Waals surface area contributed by atoms with Crippen molar-refractivity contribution in [1.82, 2.24) is 4.98 Å². The Bertz CT molecular complexity index is 557. The molecule has 2 rings (SSSR count). The third kappa shape index (κ3) is 3.61. The van der Waals surface area contributed by atoms with Crippen molar-refractivity contribution in [2.45, 2.75) is 25.9 Å². The lowest BCUT2D eigenvalue weighted by Gasteiger charge is -2.12. The zero-order chi connectivity index (χ0) is 13.8. The predicted octanol–water partition coefficient (Wildman–Crippen LogP) is 3.82. The Balaban J connectivity index is 2.15. The first-order valence-electron chi connectivity index (χ1n) is 6.17. The van der Waals surface area contributed by atoms with E-state index in [9.17, 15) is 9.50 Å². The van der Waals surface area contributed by atoms with E-state index in [2.05, 4.69) is 27.8 Å². The van der Waals surface area contributed by atoms with Gasteiger partial charge in [-0.25, -0.2) is 4.39 Å². The summed E-state index contributed by atoms with van der Waals surface area (Å²) >= 11 is 3.28. The number of hydrogen-bond acceptors (Lipinski definition) is 2. The summed E-state index contributed by atoms with van der Waals surface area (Å²) in [6.07, 6.45) is 2.13. The second kappa shape index (κ2) is 6.26. The molecule has 1 heterocycles. The van der Waals surface area contributed by atoms with Gasteiger partial charge in [0.15, 0.2) is 0 Å². The Morgan fingerprint density at radius 3 is 2.74 bits per heavy atom. The minimum Gasteiger partial charge on any atom is -0.388 e. The van der Waals surface area contributed by atoms with Gasteiger partial charge in [0.05, 0.1) is 6.10 Å². The molecule has 0 spiro atoms. The molecule has 1 aromatic carbocycles. The van der Waals surface area contributed by atoms with E-state index in [1.807, 2.05) is 12.1 Å². The molecule has 1 unspecified atom stereocenters. The molecule has 0 radical (unpaired) electrons. The van der Waals surface area contributed by atoms with Gasteiger partial charge in [0.1, 0.15) is 5.82 Å². The number of aromatic nitrogens is 1. The molecule has 1 aromatic heterocycles. The third-order valence-corrected chi connectivity index (χ3v) is 3.51. The largest absolute Gasteiger partial charge is 0.388 e. The quantitative estimate of drug-likeness (QED) is 0.927. The van der Waals surface area contributed by atoms with Crippen LogP contribution < -0.4 is 0 Å². The lowest BCUT2D eigenvalue weighted by molar-refractivity contribution is 0.172. The van der Waals surface area contributed by atoms with E-state index in [0.29, 0.717) is 6.42 Å². The molecule has 2 nitrogen and oxygen atoms in total. The van der Waals surface area contributed by atoms with E-state index < -0.39 is 11.9 Å². The van der Waals surface area contributed by atoms with Gasteiger partial charge < -0.3 is 5.11 Å². The smallest absolute Gasteiger partial charge is 0.129 e. The molecule has 0 saturated heterocycles. The average Bonchev–Trinajstić information content (AvgIpc) is 2.42. The molecular formula is C15H15BrFNO. The first kappa shape index (κ1) is 14.2. The van der Waals surface area contributed by atoms with Crippen LogP contribution in [-0.4, -0.2) is 10.1 Å². The number of benzene rings is 1. The molecule has 0 bridgehead atoms. The maximum atomic E-state index is 13.6. The minimum atomic E-state index is -0.891. The van der Waals surface area contributed by atoms with Crippen LogP contribution in [0.1, 0.15) is 29.8 Å². The van der Waals surface area contributed by atoms with Crippen LogP contribution in [0.2, 0.25) is 0 Å². The predicted molar refractivity (Wildman–Crippen MR) is 76.4 cm³/mol. The Morgan fingerprint density at radius 1 is 1.32 bits per heavy atom. The molecule has 0 aliphatic heterocycles. The summed E-state index contributed by atoms with van der Waals surface area (Å²) in [6.45, 7) is 2.06. The summed E-state index contributed by atoms with van der Waals surface area (Å²) in [5.41, 5.74) is 2.19. The van der Waals surface area contributed by atoms with Gasteiger partial charge in [-0.2, -0.15) is 0 Å². The van der Waals surface area contributed by atoms with Gasteiger partial charge in [0, 0.05) is 28.3 Å². The molecule has 100 valence electrons. The first-order valence-corrected chi connectivity index (χ1v) is 6.96. The molecule has 0 saturated carbocycles. The Labute approximate surface area is 120 Å². The molecule has 0 amide bonds. The number of pyridine rings is 1. The molecule has 0 aliphatic carbocycles. The van der Waals surface area contributed by atoms with E-state index in [0.717, 1.165) is 22.2 Å². The van der Waals surface area contributed by atoms with Crippen LogP contribution in [0.25, 0.3) is 0 Å². The Hall–Kier alpha value is -1.26. The maximum Gasteiger partial charge on any atom is 0.129 e. The number of nitrogens with zero attached hydrogens (tertiary/aromatic N) is 1. The highest BCUT2D eigenvalue weighted by Crippen LogP contribution is 2.24. The van der Waals surface area contributed by atoms with Crippen LogP contribution in [0, 0.1) is 5.82 Å². The second-order valence-corrected chi connectivity index (χ2v) is 5.31. The molecule has 1 atom stereocenters. The van der Waals surface area contributed by atoms with Gasteiger partial charge in [-0.15, -0.1) is 0 Å². The van der Waals surface area contributed by atoms with E-state index in [1.165, 1.54) is 6.07 Å². The fourth-order valence-corrected chi connectivity index (χ4v) is 2.24. The van der Waals surface area contributed by atoms with Crippen LogP contribution in [-0.2, 0) is 12.8 Å². The Morgan fingerprint density at radius 2 is 2.11 bits per heavy atom. The second-order valence-electron chi connectivity index (χ2n) is 4.40. The Kier molecular flexibility index (Phi) is 4.66. The number of aryl methyl sites for hydroxylation is 1. The first-order chi connectivity index (χ1) is 9.10. The van der Waals surface area contributed by atoms with Gasteiger partial charge in [0.2, 0.25) is 0 Å². The highest BCUT2D eigenvalue weighted by molar-refractivity contribution is 9.10. The van der Waals surface area contributed by atoms with Gasteiger partial charge in [0.25, 0.3) is 0 Å². The number of halogens is 2. The van der Waals surface area contributed by atoms with Crippen LogP contribution >= 0.6 is 15.9 Å². The topological polar surface area (TPSA) is 33.1 Å². The van der Waals surface area contributed by atoms with Crippen molar-refractivity contribution in [3.63, 3.8) is 0 Å². The van der Waals surface area contributed by atoms with Gasteiger partial charge in [-0.05, 0) is 36.2 Å².